The van der Waals surface area contributed by atoms with Crippen molar-refractivity contribution >= 4 is 32.7 Å². The Morgan fingerprint density at radius 3 is 2.58 bits per heavy atom. The molecule has 3 N–H and O–H groups in total. The smallest absolute Gasteiger partial charge is 0.242 e. The molecule has 10 heteroatoms. The predicted octanol–water partition coefficient (Wildman–Crippen LogP) is 0.629. The zero-order valence-electron chi connectivity index (χ0n) is 17.9. The molecule has 1 fully saturated rings. The Kier molecular flexibility index (Phi) is 7.69. The van der Waals surface area contributed by atoms with Gasteiger partial charge in [-0.05, 0) is 11.6 Å². The number of para-hydroxylation sites is 1. The summed E-state index contributed by atoms with van der Waals surface area (Å²) in [5, 5.41) is 6.45. The summed E-state index contributed by atoms with van der Waals surface area (Å²) in [6.45, 7) is 4.88. The lowest BCUT2D eigenvalue weighted by atomic mass is 10.0. The van der Waals surface area contributed by atoms with E-state index in [1.54, 1.807) is 13.8 Å². The summed E-state index contributed by atoms with van der Waals surface area (Å²) >= 11 is 0. The van der Waals surface area contributed by atoms with E-state index in [0.717, 1.165) is 16.5 Å². The van der Waals surface area contributed by atoms with Crippen molar-refractivity contribution in [3.63, 3.8) is 0 Å². The number of nitrogens with zero attached hydrogens (tertiary/aromatic N) is 1. The maximum Gasteiger partial charge on any atom is 0.242 e. The van der Waals surface area contributed by atoms with Gasteiger partial charge in [-0.15, -0.1) is 0 Å². The number of amides is 2. The highest BCUT2D eigenvalue weighted by Gasteiger charge is 2.26. The van der Waals surface area contributed by atoms with Crippen LogP contribution in [0.25, 0.3) is 10.9 Å². The third-order valence-corrected chi connectivity index (χ3v) is 7.15. The molecule has 2 heterocycles. The molecule has 2 amide bonds. The molecule has 0 bridgehead atoms. The van der Waals surface area contributed by atoms with Crippen molar-refractivity contribution in [1.82, 2.24) is 19.9 Å². The van der Waals surface area contributed by atoms with Gasteiger partial charge >= 0.3 is 0 Å². The van der Waals surface area contributed by atoms with Gasteiger partial charge in [-0.1, -0.05) is 32.0 Å². The zero-order valence-corrected chi connectivity index (χ0v) is 18.7. The molecule has 0 aliphatic carbocycles. The van der Waals surface area contributed by atoms with E-state index in [1.165, 1.54) is 4.31 Å². The molecule has 1 unspecified atom stereocenters. The first-order valence-electron chi connectivity index (χ1n) is 10.5. The molecule has 2 aromatic rings. The number of hydrogen-bond acceptors (Lipinski definition) is 5. The third kappa shape index (κ3) is 6.05. The Morgan fingerprint density at radius 2 is 1.87 bits per heavy atom. The summed E-state index contributed by atoms with van der Waals surface area (Å²) < 4.78 is 31.5. The maximum atomic E-state index is 12.9. The van der Waals surface area contributed by atoms with Crippen molar-refractivity contribution in [2.24, 2.45) is 5.92 Å². The van der Waals surface area contributed by atoms with Gasteiger partial charge in [-0.25, -0.2) is 8.42 Å². The summed E-state index contributed by atoms with van der Waals surface area (Å²) in [5.41, 5.74) is 1.85. The third-order valence-electron chi connectivity index (χ3n) is 5.28. The highest BCUT2D eigenvalue weighted by Crippen LogP contribution is 2.19. The molecular formula is C21H30N4O5S. The van der Waals surface area contributed by atoms with Crippen molar-refractivity contribution in [2.45, 2.75) is 26.3 Å². The Morgan fingerprint density at radius 1 is 1.16 bits per heavy atom. The number of rotatable bonds is 9. The first kappa shape index (κ1) is 23.2. The van der Waals surface area contributed by atoms with Crippen LogP contribution in [0.2, 0.25) is 0 Å². The molecular weight excluding hydrogens is 420 g/mol. The second-order valence-corrected chi connectivity index (χ2v) is 9.99. The van der Waals surface area contributed by atoms with Crippen LogP contribution in [0, 0.1) is 5.92 Å². The second kappa shape index (κ2) is 10.3. The molecule has 9 nitrogen and oxygen atoms in total. The minimum atomic E-state index is -3.47. The molecule has 0 radical (unpaired) electrons. The normalized spacial score (nSPS) is 16.4. The summed E-state index contributed by atoms with van der Waals surface area (Å²) in [7, 11) is -3.47. The first-order chi connectivity index (χ1) is 14.8. The number of fused-ring (bicyclic) bond motifs is 1. The van der Waals surface area contributed by atoms with Crippen LogP contribution in [0.3, 0.4) is 0 Å². The fourth-order valence-corrected chi connectivity index (χ4v) is 4.77. The molecule has 31 heavy (non-hydrogen) atoms. The molecule has 3 rings (SSSR count). The molecule has 1 aliphatic heterocycles. The van der Waals surface area contributed by atoms with Gasteiger partial charge in [0.2, 0.25) is 21.8 Å². The molecule has 0 saturated carbocycles. The monoisotopic (exact) mass is 450 g/mol. The number of aromatic nitrogens is 1. The van der Waals surface area contributed by atoms with Gasteiger partial charge in [0.25, 0.3) is 0 Å². The van der Waals surface area contributed by atoms with Gasteiger partial charge in [0.05, 0.1) is 19.0 Å². The fourth-order valence-electron chi connectivity index (χ4n) is 3.45. The number of hydrogen-bond donors (Lipinski definition) is 3. The maximum absolute atomic E-state index is 12.9. The van der Waals surface area contributed by atoms with E-state index in [1.807, 2.05) is 30.5 Å². The Labute approximate surface area is 182 Å². The topological polar surface area (TPSA) is 121 Å². The molecule has 1 aromatic carbocycles. The van der Waals surface area contributed by atoms with Crippen LogP contribution in [-0.4, -0.2) is 74.2 Å². The summed E-state index contributed by atoms with van der Waals surface area (Å²) in [6.07, 6.45) is 2.12. The minimum absolute atomic E-state index is 0.0273. The standard InChI is InChI=1S/C21H30N4O5S/c1-15(2)20(26)24-19(13-16-14-23-18-6-4-3-5-17(16)18)21(27)22-7-12-31(28,29)25-8-10-30-11-9-25/h3-6,14-15,19,23H,7-13H2,1-2H3,(H,22,27)(H,24,26). The van der Waals surface area contributed by atoms with Crippen molar-refractivity contribution in [3.05, 3.63) is 36.0 Å². The van der Waals surface area contributed by atoms with Gasteiger partial charge < -0.3 is 20.4 Å². The number of sulfonamides is 1. The molecule has 1 aliphatic rings. The average molecular weight is 451 g/mol. The van der Waals surface area contributed by atoms with Crippen LogP contribution in [0.1, 0.15) is 19.4 Å². The lowest BCUT2D eigenvalue weighted by Gasteiger charge is -2.26. The number of H-pyrrole nitrogens is 1. The quantitative estimate of drug-likeness (QED) is 0.518. The van der Waals surface area contributed by atoms with E-state index in [4.69, 9.17) is 4.74 Å². The van der Waals surface area contributed by atoms with Gasteiger partial charge in [-0.2, -0.15) is 4.31 Å². The van der Waals surface area contributed by atoms with Crippen molar-refractivity contribution in [1.29, 1.82) is 0 Å². The van der Waals surface area contributed by atoms with E-state index in [2.05, 4.69) is 15.6 Å². The first-order valence-corrected chi connectivity index (χ1v) is 12.1. The van der Waals surface area contributed by atoms with Gasteiger partial charge in [0.15, 0.2) is 0 Å². The van der Waals surface area contributed by atoms with Crippen molar-refractivity contribution in [3.8, 4) is 0 Å². The molecule has 0 spiro atoms. The van der Waals surface area contributed by atoms with E-state index >= 15 is 0 Å². The minimum Gasteiger partial charge on any atom is -0.379 e. The molecule has 1 saturated heterocycles. The Hall–Kier alpha value is -2.43. The van der Waals surface area contributed by atoms with E-state index in [9.17, 15) is 18.0 Å². The highest BCUT2D eigenvalue weighted by atomic mass is 32.2. The van der Waals surface area contributed by atoms with E-state index < -0.39 is 22.0 Å². The van der Waals surface area contributed by atoms with Crippen LogP contribution < -0.4 is 10.6 Å². The number of nitrogens with one attached hydrogen (secondary N) is 3. The number of carbonyl (C=O) groups excluding carboxylic acids is 2. The van der Waals surface area contributed by atoms with Gasteiger partial charge in [-0.3, -0.25) is 9.59 Å². The summed E-state index contributed by atoms with van der Waals surface area (Å²) in [4.78, 5) is 28.3. The number of benzene rings is 1. The van der Waals surface area contributed by atoms with Crippen LogP contribution in [0.4, 0.5) is 0 Å². The number of ether oxygens (including phenoxy) is 1. The SMILES string of the molecule is CC(C)C(=O)NC(Cc1c[nH]c2ccccc12)C(=O)NCCS(=O)(=O)N1CCOCC1. The number of carbonyl (C=O) groups is 2. The predicted molar refractivity (Wildman–Crippen MR) is 118 cm³/mol. The molecule has 170 valence electrons. The number of aromatic amines is 1. The Bertz CT molecular complexity index is 1010. The van der Waals surface area contributed by atoms with Crippen LogP contribution in [-0.2, 0) is 30.8 Å². The lowest BCUT2D eigenvalue weighted by Crippen LogP contribution is -2.50. The molecule has 1 atom stereocenters. The second-order valence-electron chi connectivity index (χ2n) is 7.90. The van der Waals surface area contributed by atoms with Crippen LogP contribution in [0.5, 0.6) is 0 Å². The zero-order chi connectivity index (χ0) is 22.4. The van der Waals surface area contributed by atoms with Crippen LogP contribution in [0.15, 0.2) is 30.5 Å². The number of morpholine rings is 1. The average Bonchev–Trinajstić information content (AvgIpc) is 3.16. The fraction of sp³-hybridized carbons (Fsp3) is 0.524. The summed E-state index contributed by atoms with van der Waals surface area (Å²) in [6, 6.07) is 6.92. The summed E-state index contributed by atoms with van der Waals surface area (Å²) in [5.74, 6) is -1.12. The van der Waals surface area contributed by atoms with Crippen LogP contribution >= 0.6 is 0 Å². The Balaban J connectivity index is 1.65. The van der Waals surface area contributed by atoms with Gasteiger partial charge in [0, 0.05) is 49.1 Å². The lowest BCUT2D eigenvalue weighted by molar-refractivity contribution is -0.130. The van der Waals surface area contributed by atoms with Crippen molar-refractivity contribution in [2.75, 3.05) is 38.6 Å². The van der Waals surface area contributed by atoms with Crippen molar-refractivity contribution < 1.29 is 22.7 Å². The molecule has 1 aromatic heterocycles. The largest absolute Gasteiger partial charge is 0.379 e. The van der Waals surface area contributed by atoms with E-state index in [-0.39, 0.29) is 24.1 Å². The van der Waals surface area contributed by atoms with E-state index in [0.29, 0.717) is 32.7 Å². The van der Waals surface area contributed by atoms with Gasteiger partial charge in [0.1, 0.15) is 6.04 Å². The highest BCUT2D eigenvalue weighted by molar-refractivity contribution is 7.89.